The normalized spacial score (nSPS) is 17.1. The molecule has 2 aromatic rings. The third-order valence-electron chi connectivity index (χ3n) is 5.24. The third kappa shape index (κ3) is 5.95. The number of nitrogens with zero attached hydrogens (tertiary/aromatic N) is 2. The Hall–Kier alpha value is -2.57. The van der Waals surface area contributed by atoms with Crippen LogP contribution in [0.3, 0.4) is 0 Å². The molecule has 6 nitrogen and oxygen atoms in total. The van der Waals surface area contributed by atoms with E-state index >= 15 is 0 Å². The van der Waals surface area contributed by atoms with Gasteiger partial charge in [-0.1, -0.05) is 18.2 Å². The molecule has 0 radical (unpaired) electrons. The molecule has 1 unspecified atom stereocenters. The van der Waals surface area contributed by atoms with Crippen LogP contribution in [0, 0.1) is 6.92 Å². The smallest absolute Gasteiger partial charge is 0.304 e. The number of anilines is 1. The molecular weight excluding hydrogens is 368 g/mol. The number of aliphatic carboxylic acids is 1. The van der Waals surface area contributed by atoms with Gasteiger partial charge in [0, 0.05) is 39.4 Å². The fourth-order valence-electron chi connectivity index (χ4n) is 3.50. The molecule has 0 bridgehead atoms. The molecule has 0 amide bonds. The maximum atomic E-state index is 10.8. The summed E-state index contributed by atoms with van der Waals surface area (Å²) in [4.78, 5) is 15.1. The van der Waals surface area contributed by atoms with Gasteiger partial charge in [0.05, 0.1) is 19.1 Å². The highest BCUT2D eigenvalue weighted by Crippen LogP contribution is 2.28. The van der Waals surface area contributed by atoms with E-state index in [1.165, 1.54) is 5.69 Å². The molecule has 0 aromatic heterocycles. The Labute approximate surface area is 172 Å². The van der Waals surface area contributed by atoms with Crippen molar-refractivity contribution in [1.29, 1.82) is 0 Å². The van der Waals surface area contributed by atoms with E-state index in [2.05, 4.69) is 47.1 Å². The molecule has 0 saturated carbocycles. The van der Waals surface area contributed by atoms with Crippen LogP contribution < -0.4 is 9.64 Å². The molecule has 1 N–H and O–H groups in total. The van der Waals surface area contributed by atoms with Gasteiger partial charge in [-0.05, 0) is 47.9 Å². The molecule has 0 spiro atoms. The summed E-state index contributed by atoms with van der Waals surface area (Å²) < 4.78 is 11.9. The summed E-state index contributed by atoms with van der Waals surface area (Å²) in [6.45, 7) is 5.25. The Morgan fingerprint density at radius 3 is 2.66 bits per heavy atom. The average molecular weight is 399 g/mol. The predicted octanol–water partition coefficient (Wildman–Crippen LogP) is 3.49. The Morgan fingerprint density at radius 1 is 1.24 bits per heavy atom. The average Bonchev–Trinajstić information content (AvgIpc) is 2.71. The molecule has 1 fully saturated rings. The zero-order chi connectivity index (χ0) is 20.8. The molecule has 6 heteroatoms. The zero-order valence-corrected chi connectivity index (χ0v) is 17.4. The van der Waals surface area contributed by atoms with Crippen molar-refractivity contribution in [3.05, 3.63) is 59.2 Å². The van der Waals surface area contributed by atoms with E-state index in [-0.39, 0.29) is 12.5 Å². The van der Waals surface area contributed by atoms with Crippen molar-refractivity contribution >= 4 is 11.7 Å². The van der Waals surface area contributed by atoms with Crippen molar-refractivity contribution in [3.8, 4) is 5.75 Å². The van der Waals surface area contributed by atoms with Crippen LogP contribution in [0.1, 0.15) is 29.2 Å². The van der Waals surface area contributed by atoms with E-state index in [9.17, 15) is 4.79 Å². The molecule has 156 valence electrons. The lowest BCUT2D eigenvalue weighted by Gasteiger charge is -2.33. The zero-order valence-electron chi connectivity index (χ0n) is 17.4. The molecule has 1 heterocycles. The lowest BCUT2D eigenvalue weighted by atomic mass is 10.0. The van der Waals surface area contributed by atoms with Gasteiger partial charge in [-0.25, -0.2) is 0 Å². The van der Waals surface area contributed by atoms with E-state index in [0.29, 0.717) is 26.3 Å². The van der Waals surface area contributed by atoms with E-state index in [1.807, 2.05) is 26.2 Å². The number of hydrogen-bond donors (Lipinski definition) is 1. The number of carbonyl (C=O) groups is 1. The first-order valence-electron chi connectivity index (χ1n) is 9.98. The molecule has 3 rings (SSSR count). The van der Waals surface area contributed by atoms with Crippen molar-refractivity contribution < 1.29 is 19.4 Å². The first-order chi connectivity index (χ1) is 13.9. The fraction of sp³-hybridized carbons (Fsp3) is 0.435. The number of carboxylic acid groups (broad SMARTS) is 1. The van der Waals surface area contributed by atoms with Crippen LogP contribution in [0.25, 0.3) is 0 Å². The van der Waals surface area contributed by atoms with Crippen LogP contribution in [-0.2, 0) is 16.1 Å². The minimum absolute atomic E-state index is 0.0369. The SMILES string of the molecule is Cc1cc(OCc2ccc(N(C)C)cc2)ccc1C1CN(CCC(=O)O)CCO1. The van der Waals surface area contributed by atoms with Gasteiger partial charge in [0.15, 0.2) is 0 Å². The van der Waals surface area contributed by atoms with Crippen LogP contribution in [0.2, 0.25) is 0 Å². The standard InChI is InChI=1S/C23H30N2O4/c1-17-14-20(29-16-18-4-6-19(7-5-18)24(2)3)8-9-21(17)22-15-25(12-13-28-22)11-10-23(26)27/h4-9,14,22H,10-13,15-16H2,1-3H3,(H,26,27). The van der Waals surface area contributed by atoms with Crippen LogP contribution in [0.15, 0.2) is 42.5 Å². The van der Waals surface area contributed by atoms with Gasteiger partial charge in [0.1, 0.15) is 12.4 Å². The lowest BCUT2D eigenvalue weighted by Crippen LogP contribution is -2.39. The maximum absolute atomic E-state index is 10.8. The van der Waals surface area contributed by atoms with Gasteiger partial charge < -0.3 is 19.5 Å². The molecule has 29 heavy (non-hydrogen) atoms. The molecule has 1 saturated heterocycles. The van der Waals surface area contributed by atoms with E-state index < -0.39 is 5.97 Å². The number of ether oxygens (including phenoxy) is 2. The molecular formula is C23H30N2O4. The van der Waals surface area contributed by atoms with Gasteiger partial charge in [0.25, 0.3) is 0 Å². The predicted molar refractivity (Wildman–Crippen MR) is 114 cm³/mol. The van der Waals surface area contributed by atoms with Crippen molar-refractivity contribution in [2.24, 2.45) is 0 Å². The highest BCUT2D eigenvalue weighted by Gasteiger charge is 2.23. The van der Waals surface area contributed by atoms with Gasteiger partial charge in [-0.15, -0.1) is 0 Å². The molecule has 1 aliphatic heterocycles. The summed E-state index contributed by atoms with van der Waals surface area (Å²) in [5, 5.41) is 8.90. The van der Waals surface area contributed by atoms with Gasteiger partial charge >= 0.3 is 5.97 Å². The summed E-state index contributed by atoms with van der Waals surface area (Å²) in [6, 6.07) is 14.4. The van der Waals surface area contributed by atoms with Crippen LogP contribution in [0.5, 0.6) is 5.75 Å². The second kappa shape index (κ2) is 9.76. The molecule has 0 aliphatic carbocycles. The maximum Gasteiger partial charge on any atom is 0.304 e. The highest BCUT2D eigenvalue weighted by molar-refractivity contribution is 5.66. The third-order valence-corrected chi connectivity index (χ3v) is 5.24. The van der Waals surface area contributed by atoms with Crippen molar-refractivity contribution in [2.45, 2.75) is 26.1 Å². The summed E-state index contributed by atoms with van der Waals surface area (Å²) in [5.41, 5.74) is 4.55. The van der Waals surface area contributed by atoms with Crippen LogP contribution in [-0.4, -0.2) is 56.3 Å². The van der Waals surface area contributed by atoms with Gasteiger partial charge in [-0.2, -0.15) is 0 Å². The van der Waals surface area contributed by atoms with E-state index in [1.54, 1.807) is 0 Å². The number of aryl methyl sites for hydroxylation is 1. The van der Waals surface area contributed by atoms with Crippen LogP contribution >= 0.6 is 0 Å². The van der Waals surface area contributed by atoms with Crippen molar-refractivity contribution in [3.63, 3.8) is 0 Å². The van der Waals surface area contributed by atoms with Crippen molar-refractivity contribution in [2.75, 3.05) is 45.2 Å². The minimum atomic E-state index is -0.762. The first kappa shape index (κ1) is 21.1. The number of benzene rings is 2. The summed E-state index contributed by atoms with van der Waals surface area (Å²) in [7, 11) is 4.05. The van der Waals surface area contributed by atoms with Gasteiger partial charge in [0.2, 0.25) is 0 Å². The number of carboxylic acids is 1. The summed E-state index contributed by atoms with van der Waals surface area (Å²) in [5.74, 6) is 0.0727. The second-order valence-corrected chi connectivity index (χ2v) is 7.67. The lowest BCUT2D eigenvalue weighted by molar-refractivity contribution is -0.137. The van der Waals surface area contributed by atoms with Crippen LogP contribution in [0.4, 0.5) is 5.69 Å². The first-order valence-corrected chi connectivity index (χ1v) is 9.98. The second-order valence-electron chi connectivity index (χ2n) is 7.67. The molecule has 1 atom stereocenters. The topological polar surface area (TPSA) is 62.2 Å². The summed E-state index contributed by atoms with van der Waals surface area (Å²) >= 11 is 0. The highest BCUT2D eigenvalue weighted by atomic mass is 16.5. The Bertz CT molecular complexity index is 820. The quantitative estimate of drug-likeness (QED) is 0.735. The summed E-state index contributed by atoms with van der Waals surface area (Å²) in [6.07, 6.45) is 0.124. The Morgan fingerprint density at radius 2 is 2.00 bits per heavy atom. The number of hydrogen-bond acceptors (Lipinski definition) is 5. The molecule has 1 aliphatic rings. The van der Waals surface area contributed by atoms with E-state index in [4.69, 9.17) is 14.6 Å². The van der Waals surface area contributed by atoms with E-state index in [0.717, 1.165) is 29.0 Å². The minimum Gasteiger partial charge on any atom is -0.489 e. The Kier molecular flexibility index (Phi) is 7.12. The Balaban J connectivity index is 1.58. The van der Waals surface area contributed by atoms with Crippen molar-refractivity contribution in [1.82, 2.24) is 4.90 Å². The monoisotopic (exact) mass is 398 g/mol. The number of morpholine rings is 1. The number of rotatable bonds is 8. The van der Waals surface area contributed by atoms with Gasteiger partial charge in [-0.3, -0.25) is 9.69 Å². The fourth-order valence-corrected chi connectivity index (χ4v) is 3.50. The molecule has 2 aromatic carbocycles. The largest absolute Gasteiger partial charge is 0.489 e.